The van der Waals surface area contributed by atoms with Gasteiger partial charge in [0, 0.05) is 31.8 Å². The fraction of sp³-hybridized carbons (Fsp3) is 1.00. The number of hydrogen-bond donors (Lipinski definition) is 1. The van der Waals surface area contributed by atoms with Gasteiger partial charge in [0.25, 0.3) is 0 Å². The molecule has 3 rings (SSSR count). The zero-order valence-electron chi connectivity index (χ0n) is 13.2. The molecule has 0 aromatic carbocycles. The van der Waals surface area contributed by atoms with Crippen molar-refractivity contribution in [3.05, 3.63) is 0 Å². The molecule has 0 aromatic rings. The molecule has 116 valence electrons. The Morgan fingerprint density at radius 2 is 2.10 bits per heavy atom. The molecule has 0 amide bonds. The van der Waals surface area contributed by atoms with Gasteiger partial charge in [-0.15, -0.1) is 0 Å². The smallest absolute Gasteiger partial charge is 0.0576 e. The summed E-state index contributed by atoms with van der Waals surface area (Å²) in [6.07, 6.45) is 11.3. The first-order valence-corrected chi connectivity index (χ1v) is 8.96. The Kier molecular flexibility index (Phi) is 5.36. The maximum Gasteiger partial charge on any atom is 0.0576 e. The van der Waals surface area contributed by atoms with Crippen molar-refractivity contribution in [1.29, 1.82) is 0 Å². The summed E-state index contributed by atoms with van der Waals surface area (Å²) >= 11 is 0. The van der Waals surface area contributed by atoms with Gasteiger partial charge in [0.2, 0.25) is 0 Å². The van der Waals surface area contributed by atoms with Gasteiger partial charge in [0.15, 0.2) is 0 Å². The lowest BCUT2D eigenvalue weighted by Crippen LogP contribution is -2.57. The minimum Gasteiger partial charge on any atom is -0.378 e. The Labute approximate surface area is 124 Å². The van der Waals surface area contributed by atoms with Crippen LogP contribution in [0.4, 0.5) is 0 Å². The molecule has 3 aliphatic rings. The fourth-order valence-electron chi connectivity index (χ4n) is 3.98. The van der Waals surface area contributed by atoms with Gasteiger partial charge in [-0.3, -0.25) is 4.90 Å². The summed E-state index contributed by atoms with van der Waals surface area (Å²) in [4.78, 5) is 2.79. The van der Waals surface area contributed by atoms with E-state index in [-0.39, 0.29) is 0 Å². The number of piperazine rings is 1. The molecule has 0 aromatic heterocycles. The summed E-state index contributed by atoms with van der Waals surface area (Å²) < 4.78 is 5.76. The van der Waals surface area contributed by atoms with Crippen LogP contribution in [0.1, 0.15) is 58.3 Å². The van der Waals surface area contributed by atoms with Gasteiger partial charge in [-0.25, -0.2) is 0 Å². The second kappa shape index (κ2) is 7.24. The molecule has 3 nitrogen and oxygen atoms in total. The Bertz CT molecular complexity index is 287. The third-order valence-electron chi connectivity index (χ3n) is 5.37. The normalized spacial score (nSPS) is 35.5. The molecule has 3 fully saturated rings. The molecule has 1 N–H and O–H groups in total. The maximum absolute atomic E-state index is 5.76. The fourth-order valence-corrected chi connectivity index (χ4v) is 3.98. The van der Waals surface area contributed by atoms with Gasteiger partial charge in [-0.2, -0.15) is 0 Å². The predicted octanol–water partition coefficient (Wildman–Crippen LogP) is 2.80. The maximum atomic E-state index is 5.76. The lowest BCUT2D eigenvalue weighted by molar-refractivity contribution is 0.0839. The lowest BCUT2D eigenvalue weighted by Gasteiger charge is -2.41. The highest BCUT2D eigenvalue weighted by Crippen LogP contribution is 2.34. The van der Waals surface area contributed by atoms with E-state index in [0.29, 0.717) is 6.10 Å². The van der Waals surface area contributed by atoms with Crippen molar-refractivity contribution in [3.8, 4) is 0 Å². The molecule has 3 atom stereocenters. The average molecular weight is 280 g/mol. The Balaban J connectivity index is 1.44. The molecule has 0 spiro atoms. The van der Waals surface area contributed by atoms with Gasteiger partial charge in [-0.1, -0.05) is 13.3 Å². The summed E-state index contributed by atoms with van der Waals surface area (Å²) in [5.74, 6) is 0.984. The molecular formula is C17H32N2O. The average Bonchev–Trinajstić information content (AvgIpc) is 3.18. The largest absolute Gasteiger partial charge is 0.378 e. The van der Waals surface area contributed by atoms with E-state index >= 15 is 0 Å². The topological polar surface area (TPSA) is 24.5 Å². The third kappa shape index (κ3) is 3.96. The summed E-state index contributed by atoms with van der Waals surface area (Å²) in [5, 5.41) is 3.81. The van der Waals surface area contributed by atoms with E-state index in [4.69, 9.17) is 4.74 Å². The van der Waals surface area contributed by atoms with E-state index in [1.807, 2.05) is 0 Å². The van der Waals surface area contributed by atoms with Crippen molar-refractivity contribution in [2.45, 2.75) is 76.5 Å². The van der Waals surface area contributed by atoms with Crippen LogP contribution in [0.25, 0.3) is 0 Å². The van der Waals surface area contributed by atoms with E-state index in [2.05, 4.69) is 17.1 Å². The minimum absolute atomic E-state index is 0.571. The number of ether oxygens (including phenoxy) is 1. The van der Waals surface area contributed by atoms with Crippen LogP contribution in [0, 0.1) is 5.92 Å². The Hall–Kier alpha value is -0.120. The van der Waals surface area contributed by atoms with Gasteiger partial charge >= 0.3 is 0 Å². The van der Waals surface area contributed by atoms with E-state index in [1.165, 1.54) is 71.0 Å². The highest BCUT2D eigenvalue weighted by Gasteiger charge is 2.36. The Morgan fingerprint density at radius 1 is 1.20 bits per heavy atom. The molecular weight excluding hydrogens is 248 g/mol. The van der Waals surface area contributed by atoms with Crippen LogP contribution in [-0.4, -0.2) is 49.3 Å². The first kappa shape index (κ1) is 14.8. The van der Waals surface area contributed by atoms with Gasteiger partial charge in [0.1, 0.15) is 0 Å². The van der Waals surface area contributed by atoms with Crippen LogP contribution in [0.3, 0.4) is 0 Å². The first-order chi connectivity index (χ1) is 9.86. The summed E-state index contributed by atoms with van der Waals surface area (Å²) in [6, 6.07) is 1.56. The highest BCUT2D eigenvalue weighted by atomic mass is 16.5. The summed E-state index contributed by atoms with van der Waals surface area (Å²) in [6.45, 7) is 7.11. The molecule has 20 heavy (non-hydrogen) atoms. The van der Waals surface area contributed by atoms with Gasteiger partial charge in [0.05, 0.1) is 6.10 Å². The standard InChI is InChI=1S/C17H32N2O/c1-2-5-15-12-18-17(14-8-9-14)13-19(15)10-3-6-16-7-4-11-20-16/h14-18H,2-13H2,1H3. The monoisotopic (exact) mass is 280 g/mol. The molecule has 3 heteroatoms. The van der Waals surface area contributed by atoms with E-state index in [0.717, 1.165) is 24.6 Å². The van der Waals surface area contributed by atoms with Crippen LogP contribution in [0.5, 0.6) is 0 Å². The third-order valence-corrected chi connectivity index (χ3v) is 5.37. The van der Waals surface area contributed by atoms with Crippen LogP contribution in [0.2, 0.25) is 0 Å². The van der Waals surface area contributed by atoms with Crippen molar-refractivity contribution in [2.75, 3.05) is 26.2 Å². The highest BCUT2D eigenvalue weighted by molar-refractivity contribution is 4.94. The second-order valence-corrected chi connectivity index (χ2v) is 7.07. The summed E-state index contributed by atoms with van der Waals surface area (Å²) in [7, 11) is 0. The molecule has 1 aliphatic carbocycles. The van der Waals surface area contributed by atoms with E-state index in [9.17, 15) is 0 Å². The molecule has 0 radical (unpaired) electrons. The van der Waals surface area contributed by atoms with Gasteiger partial charge in [-0.05, 0) is 57.4 Å². The number of nitrogens with one attached hydrogen (secondary N) is 1. The second-order valence-electron chi connectivity index (χ2n) is 7.07. The quantitative estimate of drug-likeness (QED) is 0.776. The molecule has 0 bridgehead atoms. The molecule has 2 heterocycles. The predicted molar refractivity (Wildman–Crippen MR) is 83.0 cm³/mol. The minimum atomic E-state index is 0.571. The van der Waals surface area contributed by atoms with Crippen LogP contribution >= 0.6 is 0 Å². The van der Waals surface area contributed by atoms with Crippen molar-refractivity contribution in [3.63, 3.8) is 0 Å². The SMILES string of the molecule is CCCC1CNC(C2CC2)CN1CCCC1CCCO1. The first-order valence-electron chi connectivity index (χ1n) is 8.96. The number of hydrogen-bond acceptors (Lipinski definition) is 3. The van der Waals surface area contributed by atoms with Crippen molar-refractivity contribution < 1.29 is 4.74 Å². The molecule has 3 unspecified atom stereocenters. The van der Waals surface area contributed by atoms with Crippen molar-refractivity contribution in [2.24, 2.45) is 5.92 Å². The van der Waals surface area contributed by atoms with Crippen LogP contribution < -0.4 is 5.32 Å². The summed E-state index contributed by atoms with van der Waals surface area (Å²) in [5.41, 5.74) is 0. The van der Waals surface area contributed by atoms with E-state index in [1.54, 1.807) is 0 Å². The Morgan fingerprint density at radius 3 is 2.80 bits per heavy atom. The zero-order valence-corrected chi connectivity index (χ0v) is 13.2. The van der Waals surface area contributed by atoms with Crippen molar-refractivity contribution >= 4 is 0 Å². The molecule has 2 saturated heterocycles. The number of nitrogens with zero attached hydrogens (tertiary/aromatic N) is 1. The van der Waals surface area contributed by atoms with E-state index < -0.39 is 0 Å². The van der Waals surface area contributed by atoms with Crippen LogP contribution in [-0.2, 0) is 4.74 Å². The zero-order chi connectivity index (χ0) is 13.8. The van der Waals surface area contributed by atoms with Crippen LogP contribution in [0.15, 0.2) is 0 Å². The van der Waals surface area contributed by atoms with Crippen molar-refractivity contribution in [1.82, 2.24) is 10.2 Å². The molecule has 2 aliphatic heterocycles. The van der Waals surface area contributed by atoms with Gasteiger partial charge < -0.3 is 10.1 Å². The number of rotatable bonds is 7. The lowest BCUT2D eigenvalue weighted by atomic mass is 10.0. The molecule has 1 saturated carbocycles.